The molecule has 1 amide bonds. The van der Waals surface area contributed by atoms with Gasteiger partial charge in [-0.25, -0.2) is 9.97 Å². The monoisotopic (exact) mass is 280 g/mol. The molecule has 2 N–H and O–H groups in total. The predicted molar refractivity (Wildman–Crippen MR) is 65.8 cm³/mol. The minimum atomic E-state index is -0.250. The molecule has 9 nitrogen and oxygen atoms in total. The van der Waals surface area contributed by atoms with Gasteiger partial charge in [-0.05, 0) is 6.42 Å². The Labute approximate surface area is 112 Å². The quantitative estimate of drug-likeness (QED) is 0.751. The van der Waals surface area contributed by atoms with E-state index >= 15 is 0 Å². The van der Waals surface area contributed by atoms with Gasteiger partial charge in [-0.3, -0.25) is 9.59 Å². The molecular weight excluding hydrogens is 268 g/mol. The van der Waals surface area contributed by atoms with Gasteiger partial charge in [0.05, 0.1) is 12.5 Å². The molecule has 1 saturated heterocycles. The third kappa shape index (κ3) is 3.06. The van der Waals surface area contributed by atoms with Gasteiger partial charge in [-0.2, -0.15) is 0 Å². The summed E-state index contributed by atoms with van der Waals surface area (Å²) in [6.07, 6.45) is 3.76. The van der Waals surface area contributed by atoms with Crippen molar-refractivity contribution in [3.63, 3.8) is 0 Å². The zero-order valence-corrected chi connectivity index (χ0v) is 10.4. The highest BCUT2D eigenvalue weighted by molar-refractivity contribution is 5.97. The van der Waals surface area contributed by atoms with Gasteiger partial charge in [-0.1, -0.05) is 5.16 Å². The summed E-state index contributed by atoms with van der Waals surface area (Å²) in [5.41, 5.74) is 0.769. The molecule has 3 rings (SSSR count). The lowest BCUT2D eigenvalue weighted by Crippen LogP contribution is -2.23. The number of amides is 1. The number of ether oxygens (including phenoxy) is 1. The molecule has 1 aliphatic heterocycles. The summed E-state index contributed by atoms with van der Waals surface area (Å²) in [7, 11) is 0. The molecule has 0 bridgehead atoms. The smallest absolute Gasteiger partial charge is 0.290 e. The predicted octanol–water partition coefficient (Wildman–Crippen LogP) is 0.294. The number of carboxylic acid groups (broad SMARTS) is 1. The number of nitrogens with one attached hydrogen (secondary N) is 1. The standard InChI is InChI=1S/C10H10N4O3.CH2O2/c15-9(6-1-4-16-5-6)13-8-7-10(17-14-8)12-3-2-11-7;2-1-3/h2-3,6H,1,4-5H2,(H,13,14,15);1H,(H,2,3). The molecule has 2 aromatic heterocycles. The number of fused-ring (bicyclic) bond motifs is 1. The van der Waals surface area contributed by atoms with Crippen molar-refractivity contribution in [2.75, 3.05) is 18.5 Å². The highest BCUT2D eigenvalue weighted by Gasteiger charge is 2.25. The lowest BCUT2D eigenvalue weighted by atomic mass is 10.1. The van der Waals surface area contributed by atoms with Crippen LogP contribution in [0.5, 0.6) is 0 Å². The molecule has 0 spiro atoms. The number of carbonyl (C=O) groups is 2. The van der Waals surface area contributed by atoms with Crippen molar-refractivity contribution >= 4 is 29.4 Å². The molecule has 0 aliphatic carbocycles. The highest BCUT2D eigenvalue weighted by Crippen LogP contribution is 2.20. The molecule has 3 heterocycles. The second kappa shape index (κ2) is 6.57. The number of hydrogen-bond acceptors (Lipinski definition) is 7. The van der Waals surface area contributed by atoms with Crippen molar-refractivity contribution in [1.82, 2.24) is 15.1 Å². The molecule has 1 atom stereocenters. The van der Waals surface area contributed by atoms with Crippen LogP contribution < -0.4 is 5.32 Å². The van der Waals surface area contributed by atoms with Crippen molar-refractivity contribution in [3.05, 3.63) is 12.4 Å². The first-order chi connectivity index (χ1) is 9.76. The maximum Gasteiger partial charge on any atom is 0.290 e. The Kier molecular flexibility index (Phi) is 4.56. The minimum Gasteiger partial charge on any atom is -0.483 e. The SMILES string of the molecule is O=C(Nc1noc2nccnc12)C1CCOC1.O=CO. The number of carbonyl (C=O) groups excluding carboxylic acids is 1. The number of rotatable bonds is 2. The largest absolute Gasteiger partial charge is 0.483 e. The first-order valence-corrected chi connectivity index (χ1v) is 5.79. The molecule has 0 radical (unpaired) electrons. The third-order valence-corrected chi connectivity index (χ3v) is 2.65. The van der Waals surface area contributed by atoms with Gasteiger partial charge in [0.15, 0.2) is 5.52 Å². The fourth-order valence-corrected chi connectivity index (χ4v) is 1.73. The normalized spacial score (nSPS) is 17.3. The second-order valence-electron chi connectivity index (χ2n) is 3.90. The first kappa shape index (κ1) is 13.9. The van der Waals surface area contributed by atoms with Crippen LogP contribution in [0.1, 0.15) is 6.42 Å². The Morgan fingerprint density at radius 1 is 1.45 bits per heavy atom. The molecule has 0 aromatic carbocycles. The number of aromatic nitrogens is 3. The van der Waals surface area contributed by atoms with E-state index in [2.05, 4.69) is 20.4 Å². The van der Waals surface area contributed by atoms with Crippen LogP contribution in [-0.4, -0.2) is 45.8 Å². The summed E-state index contributed by atoms with van der Waals surface area (Å²) in [6.45, 7) is 0.824. The highest BCUT2D eigenvalue weighted by atomic mass is 16.5. The van der Waals surface area contributed by atoms with Crippen LogP contribution in [0.25, 0.3) is 11.2 Å². The number of nitrogens with zero attached hydrogens (tertiary/aromatic N) is 3. The van der Waals surface area contributed by atoms with Gasteiger partial charge in [0, 0.05) is 19.0 Å². The summed E-state index contributed by atoms with van der Waals surface area (Å²) in [4.78, 5) is 28.2. The van der Waals surface area contributed by atoms with E-state index in [9.17, 15) is 4.79 Å². The van der Waals surface area contributed by atoms with Crippen LogP contribution in [0.2, 0.25) is 0 Å². The van der Waals surface area contributed by atoms with E-state index in [1.807, 2.05) is 0 Å². The lowest BCUT2D eigenvalue weighted by molar-refractivity contribution is -0.123. The molecule has 20 heavy (non-hydrogen) atoms. The summed E-state index contributed by atoms with van der Waals surface area (Å²) < 4.78 is 10.1. The molecule has 0 saturated carbocycles. The van der Waals surface area contributed by atoms with Crippen LogP contribution >= 0.6 is 0 Å². The van der Waals surface area contributed by atoms with E-state index in [0.29, 0.717) is 30.3 Å². The minimum absolute atomic E-state index is 0.122. The van der Waals surface area contributed by atoms with Gasteiger partial charge in [0.25, 0.3) is 12.2 Å². The average molecular weight is 280 g/mol. The van der Waals surface area contributed by atoms with E-state index in [4.69, 9.17) is 19.2 Å². The fraction of sp³-hybridized carbons (Fsp3) is 0.364. The van der Waals surface area contributed by atoms with E-state index in [1.165, 1.54) is 12.4 Å². The first-order valence-electron chi connectivity index (χ1n) is 5.79. The van der Waals surface area contributed by atoms with Crippen molar-refractivity contribution < 1.29 is 24.0 Å². The summed E-state index contributed by atoms with van der Waals surface area (Å²) in [5.74, 6) is 0.0618. The lowest BCUT2D eigenvalue weighted by Gasteiger charge is -2.05. The summed E-state index contributed by atoms with van der Waals surface area (Å²) in [6, 6.07) is 0. The van der Waals surface area contributed by atoms with Gasteiger partial charge >= 0.3 is 0 Å². The van der Waals surface area contributed by atoms with Gasteiger partial charge < -0.3 is 19.7 Å². The average Bonchev–Trinajstić information content (AvgIpc) is 3.10. The zero-order valence-electron chi connectivity index (χ0n) is 10.4. The van der Waals surface area contributed by atoms with E-state index < -0.39 is 0 Å². The summed E-state index contributed by atoms with van der Waals surface area (Å²) >= 11 is 0. The van der Waals surface area contributed by atoms with Crippen LogP contribution in [0.4, 0.5) is 5.82 Å². The molecule has 9 heteroatoms. The number of anilines is 1. The Balaban J connectivity index is 0.000000452. The molecule has 2 aromatic rings. The fourth-order valence-electron chi connectivity index (χ4n) is 1.73. The van der Waals surface area contributed by atoms with Gasteiger partial charge in [0.1, 0.15) is 0 Å². The second-order valence-corrected chi connectivity index (χ2v) is 3.90. The van der Waals surface area contributed by atoms with E-state index in [0.717, 1.165) is 6.42 Å². The maximum absolute atomic E-state index is 11.8. The molecule has 1 aliphatic rings. The van der Waals surface area contributed by atoms with Crippen LogP contribution in [0, 0.1) is 5.92 Å². The topological polar surface area (TPSA) is 127 Å². The van der Waals surface area contributed by atoms with Crippen molar-refractivity contribution in [2.24, 2.45) is 5.92 Å². The Hall–Kier alpha value is -2.55. The van der Waals surface area contributed by atoms with Crippen LogP contribution in [0.3, 0.4) is 0 Å². The third-order valence-electron chi connectivity index (χ3n) is 2.65. The van der Waals surface area contributed by atoms with Crippen LogP contribution in [0.15, 0.2) is 16.9 Å². The van der Waals surface area contributed by atoms with Crippen molar-refractivity contribution in [3.8, 4) is 0 Å². The summed E-state index contributed by atoms with van der Waals surface area (Å²) in [5, 5.41) is 13.3. The zero-order chi connectivity index (χ0) is 14.4. The van der Waals surface area contributed by atoms with Crippen molar-refractivity contribution in [2.45, 2.75) is 6.42 Å². The van der Waals surface area contributed by atoms with E-state index in [1.54, 1.807) is 0 Å². The van der Waals surface area contributed by atoms with Gasteiger partial charge in [-0.15, -0.1) is 0 Å². The molecule has 1 unspecified atom stereocenters. The van der Waals surface area contributed by atoms with Crippen molar-refractivity contribution in [1.29, 1.82) is 0 Å². The number of hydrogen-bond donors (Lipinski definition) is 2. The van der Waals surface area contributed by atoms with Crippen LogP contribution in [-0.2, 0) is 14.3 Å². The van der Waals surface area contributed by atoms with E-state index in [-0.39, 0.29) is 18.3 Å². The Morgan fingerprint density at radius 2 is 2.20 bits per heavy atom. The maximum atomic E-state index is 11.8. The van der Waals surface area contributed by atoms with Gasteiger partial charge in [0.2, 0.25) is 11.7 Å². The molecular formula is C11H12N4O5. The molecule has 106 valence electrons. The Morgan fingerprint density at radius 3 is 2.90 bits per heavy atom. The molecule has 1 fully saturated rings. The Bertz CT molecular complexity index is 593.